The van der Waals surface area contributed by atoms with Gasteiger partial charge in [-0.3, -0.25) is 0 Å². The molecule has 0 N–H and O–H groups in total. The Balaban J connectivity index is 0. The number of hydrogen-bond donors (Lipinski definition) is 0. The number of methoxy groups -OCH3 is 1. The number of unbranched alkanes of at least 4 members (excludes halogenated alkanes) is 2. The van der Waals surface area contributed by atoms with Gasteiger partial charge < -0.3 is 19.1 Å². The Hall–Kier alpha value is 0.0219. The number of rotatable bonds is 9. The number of hydrogen-bond acceptors (Lipinski definition) is 1. The predicted molar refractivity (Wildman–Crippen MR) is 90.3 cm³/mol. The number of benzene rings is 1. The first-order valence-electron chi connectivity index (χ1n) is 7.88. The molecule has 0 spiro atoms. The second kappa shape index (κ2) is 13.3. The predicted octanol–water partition coefficient (Wildman–Crippen LogP) is 6.23. The van der Waals surface area contributed by atoms with Crippen molar-refractivity contribution >= 4 is 0 Å². The molecule has 1 aromatic carbocycles. The van der Waals surface area contributed by atoms with Crippen LogP contribution in [0.5, 0.6) is 0 Å². The fourth-order valence-electron chi connectivity index (χ4n) is 2.62. The Labute approximate surface area is 169 Å². The zero-order valence-corrected chi connectivity index (χ0v) is 19.2. The summed E-state index contributed by atoms with van der Waals surface area (Å²) in [5.41, 5.74) is 0.895. The van der Waals surface area contributed by atoms with E-state index in [0.29, 0.717) is 12.2 Å². The molecule has 0 saturated carbocycles. The maximum absolute atomic E-state index is 13.2. The van der Waals surface area contributed by atoms with Gasteiger partial charge in [-0.15, -0.1) is 0 Å². The van der Waals surface area contributed by atoms with Crippen LogP contribution in [-0.2, 0) is 17.3 Å². The molecular formula is C19H29F3OU. The van der Waals surface area contributed by atoms with E-state index in [9.17, 15) is 13.2 Å². The van der Waals surface area contributed by atoms with Gasteiger partial charge in [0.25, 0.3) is 0 Å². The van der Waals surface area contributed by atoms with Crippen LogP contribution in [0.1, 0.15) is 61.6 Å². The first kappa shape index (κ1) is 26.3. The average Bonchev–Trinajstić information content (AvgIpc) is 2.48. The van der Waals surface area contributed by atoms with Crippen molar-refractivity contribution in [3.8, 4) is 0 Å². The van der Waals surface area contributed by atoms with Gasteiger partial charge in [-0.1, -0.05) is 31.9 Å². The summed E-state index contributed by atoms with van der Waals surface area (Å²) < 4.78 is 44.6. The van der Waals surface area contributed by atoms with Gasteiger partial charge in [-0.2, -0.15) is 19.6 Å². The van der Waals surface area contributed by atoms with Crippen molar-refractivity contribution in [1.82, 2.24) is 0 Å². The SMILES string of the molecule is [CH2-]CCCc1ccc(C(F)(F)F)c(C(C)CCCCOC)c1.[CH3-].[U+2]. The first-order chi connectivity index (χ1) is 10.4. The van der Waals surface area contributed by atoms with Crippen LogP contribution in [0, 0.1) is 45.5 Å². The number of ether oxygens (including phenoxy) is 1. The van der Waals surface area contributed by atoms with Crippen molar-refractivity contribution < 1.29 is 49.0 Å². The Morgan fingerprint density at radius 3 is 2.38 bits per heavy atom. The topological polar surface area (TPSA) is 9.23 Å². The van der Waals surface area contributed by atoms with E-state index >= 15 is 0 Å². The first-order valence-corrected chi connectivity index (χ1v) is 7.88. The molecule has 0 aromatic heterocycles. The Kier molecular flexibility index (Phi) is 14.5. The van der Waals surface area contributed by atoms with E-state index < -0.39 is 11.7 Å². The van der Waals surface area contributed by atoms with Crippen LogP contribution in [-0.4, -0.2) is 13.7 Å². The van der Waals surface area contributed by atoms with E-state index in [2.05, 4.69) is 6.92 Å². The summed E-state index contributed by atoms with van der Waals surface area (Å²) in [5, 5.41) is 0. The maximum Gasteiger partial charge on any atom is 2.00 e. The van der Waals surface area contributed by atoms with E-state index in [1.54, 1.807) is 19.2 Å². The van der Waals surface area contributed by atoms with Gasteiger partial charge in [0, 0.05) is 13.7 Å². The minimum absolute atomic E-state index is 0. The van der Waals surface area contributed by atoms with Gasteiger partial charge in [-0.25, -0.2) is 0 Å². The summed E-state index contributed by atoms with van der Waals surface area (Å²) in [6, 6.07) is 4.57. The Morgan fingerprint density at radius 2 is 1.83 bits per heavy atom. The van der Waals surface area contributed by atoms with Gasteiger partial charge in [0.15, 0.2) is 0 Å². The standard InChI is InChI=1S/C18H26F3O.CH3.U/c1-4-5-9-15-10-11-17(18(19,20)21)16(13-15)14(2)8-6-7-12-22-3;;/h10-11,13-14H,1,4-9,12H2,2-3H3;1H3;/q2*-1;+2. The van der Waals surface area contributed by atoms with Crippen molar-refractivity contribution in [2.24, 2.45) is 0 Å². The smallest absolute Gasteiger partial charge is 0.385 e. The Bertz CT molecular complexity index is 447. The van der Waals surface area contributed by atoms with Crippen LogP contribution in [0.15, 0.2) is 18.2 Å². The molecule has 0 saturated heterocycles. The van der Waals surface area contributed by atoms with Crippen LogP contribution in [0.3, 0.4) is 0 Å². The molecular weight excluding hydrogens is 539 g/mol. The summed E-state index contributed by atoms with van der Waals surface area (Å²) in [4.78, 5) is 0. The minimum atomic E-state index is -4.29. The fourth-order valence-corrected chi connectivity index (χ4v) is 2.62. The minimum Gasteiger partial charge on any atom is -0.385 e. The van der Waals surface area contributed by atoms with E-state index in [1.165, 1.54) is 6.07 Å². The molecule has 1 rings (SSSR count). The third-order valence-corrected chi connectivity index (χ3v) is 3.90. The molecule has 1 nitrogen and oxygen atoms in total. The van der Waals surface area contributed by atoms with Crippen LogP contribution in [0.4, 0.5) is 13.2 Å². The van der Waals surface area contributed by atoms with Gasteiger partial charge in [0.1, 0.15) is 0 Å². The number of aryl methyl sites for hydroxylation is 1. The van der Waals surface area contributed by atoms with E-state index in [4.69, 9.17) is 4.74 Å². The largest absolute Gasteiger partial charge is 2.00 e. The molecule has 0 aliphatic carbocycles. The molecule has 1 unspecified atom stereocenters. The van der Waals surface area contributed by atoms with Crippen molar-refractivity contribution in [2.45, 2.75) is 57.5 Å². The van der Waals surface area contributed by atoms with Crippen molar-refractivity contribution in [3.63, 3.8) is 0 Å². The molecule has 1 atom stereocenters. The molecule has 0 radical (unpaired) electrons. The van der Waals surface area contributed by atoms with Crippen LogP contribution >= 0.6 is 0 Å². The molecule has 0 aliphatic rings. The zero-order chi connectivity index (χ0) is 16.6. The van der Waals surface area contributed by atoms with Crippen molar-refractivity contribution in [2.75, 3.05) is 13.7 Å². The maximum atomic E-state index is 13.2. The molecule has 0 fully saturated rings. The fraction of sp³-hybridized carbons (Fsp3) is 0.579. The monoisotopic (exact) mass is 568 g/mol. The third kappa shape index (κ3) is 8.92. The molecule has 0 bridgehead atoms. The van der Waals surface area contributed by atoms with Crippen LogP contribution in [0.25, 0.3) is 0 Å². The third-order valence-electron chi connectivity index (χ3n) is 3.90. The molecule has 24 heavy (non-hydrogen) atoms. The second-order valence-electron chi connectivity index (χ2n) is 5.77. The van der Waals surface area contributed by atoms with Gasteiger partial charge in [0.2, 0.25) is 0 Å². The summed E-state index contributed by atoms with van der Waals surface area (Å²) in [5.74, 6) is -0.104. The van der Waals surface area contributed by atoms with E-state index in [1.807, 2.05) is 6.92 Å². The number of halogens is 3. The van der Waals surface area contributed by atoms with Crippen molar-refractivity contribution in [3.05, 3.63) is 49.2 Å². The van der Waals surface area contributed by atoms with Crippen molar-refractivity contribution in [1.29, 1.82) is 0 Å². The number of alkyl halides is 3. The molecule has 136 valence electrons. The summed E-state index contributed by atoms with van der Waals surface area (Å²) in [6.45, 7) is 6.31. The van der Waals surface area contributed by atoms with Crippen LogP contribution in [0.2, 0.25) is 0 Å². The normalized spacial score (nSPS) is 12.2. The molecule has 0 amide bonds. The van der Waals surface area contributed by atoms with Gasteiger partial charge in [0.05, 0.1) is 5.56 Å². The van der Waals surface area contributed by atoms with Gasteiger partial charge in [-0.05, 0) is 42.4 Å². The van der Waals surface area contributed by atoms with E-state index in [0.717, 1.165) is 44.1 Å². The van der Waals surface area contributed by atoms with Crippen LogP contribution < -0.4 is 0 Å². The zero-order valence-electron chi connectivity index (χ0n) is 15.0. The summed E-state index contributed by atoms with van der Waals surface area (Å²) >= 11 is 0. The molecule has 1 aromatic rings. The summed E-state index contributed by atoms with van der Waals surface area (Å²) in [6.07, 6.45) is 0.673. The summed E-state index contributed by atoms with van der Waals surface area (Å²) in [7, 11) is 1.64. The second-order valence-corrected chi connectivity index (χ2v) is 5.77. The molecule has 5 heteroatoms. The quantitative estimate of drug-likeness (QED) is 0.254. The van der Waals surface area contributed by atoms with Gasteiger partial charge >= 0.3 is 37.3 Å². The average molecular weight is 568 g/mol. The Morgan fingerprint density at radius 1 is 1.17 bits per heavy atom. The molecule has 0 heterocycles. The van der Waals surface area contributed by atoms with E-state index in [-0.39, 0.29) is 44.5 Å². The molecule has 0 aliphatic heterocycles.